The largest absolute Gasteiger partial charge is 0.361 e. The lowest BCUT2D eigenvalue weighted by atomic mass is 9.99. The average molecular weight is 210 g/mol. The van der Waals surface area contributed by atoms with Crippen LogP contribution in [0.2, 0.25) is 0 Å². The second-order valence-corrected chi connectivity index (χ2v) is 3.53. The van der Waals surface area contributed by atoms with Crippen LogP contribution in [0.5, 0.6) is 0 Å². The molecule has 1 aliphatic rings. The molecule has 0 fully saturated rings. The van der Waals surface area contributed by atoms with E-state index >= 15 is 0 Å². The summed E-state index contributed by atoms with van der Waals surface area (Å²) < 4.78 is 0. The summed E-state index contributed by atoms with van der Waals surface area (Å²) in [6, 6.07) is 7.28. The van der Waals surface area contributed by atoms with Gasteiger partial charge in [-0.05, 0) is 5.56 Å². The monoisotopic (exact) mass is 210 g/mol. The number of carbonyl (C=O) groups is 1. The summed E-state index contributed by atoms with van der Waals surface area (Å²) in [7, 11) is 0. The number of nitrogens with zero attached hydrogens (tertiary/aromatic N) is 2. The molecule has 0 saturated heterocycles. The second-order valence-electron chi connectivity index (χ2n) is 3.53. The van der Waals surface area contributed by atoms with E-state index < -0.39 is 0 Å². The van der Waals surface area contributed by atoms with Crippen LogP contribution in [0.15, 0.2) is 48.6 Å². The minimum Gasteiger partial charge on any atom is -0.361 e. The summed E-state index contributed by atoms with van der Waals surface area (Å²) in [5.74, 6) is 0.00205. The fourth-order valence-electron chi connectivity index (χ4n) is 1.65. The first-order valence-corrected chi connectivity index (χ1v) is 4.98. The number of allylic oxidation sites excluding steroid dienone is 4. The normalized spacial score (nSPS) is 13.8. The van der Waals surface area contributed by atoms with E-state index in [-0.39, 0.29) is 5.78 Å². The zero-order valence-corrected chi connectivity index (χ0v) is 8.58. The van der Waals surface area contributed by atoms with Gasteiger partial charge in [0.05, 0.1) is 0 Å². The van der Waals surface area contributed by atoms with Crippen LogP contribution in [0, 0.1) is 0 Å². The molecule has 0 atom stereocenters. The number of hydrogen-bond acceptors (Lipinski definition) is 1. The zero-order valence-electron chi connectivity index (χ0n) is 8.58. The number of ketones is 1. The third-order valence-electron chi connectivity index (χ3n) is 2.50. The Bertz CT molecular complexity index is 493. The number of hydrogen-bond donors (Lipinski definition) is 0. The Balaban J connectivity index is 2.22. The first-order chi connectivity index (χ1) is 7.81. The molecule has 0 unspecified atom stereocenters. The van der Waals surface area contributed by atoms with Crippen LogP contribution in [-0.4, -0.2) is 16.8 Å². The highest BCUT2D eigenvalue weighted by Crippen LogP contribution is 2.22. The van der Waals surface area contributed by atoms with Crippen molar-refractivity contribution in [1.82, 2.24) is 0 Å². The molecule has 78 valence electrons. The number of Topliss-reactive ketones (excluding diaryl/α,β-unsaturated/α-hetero) is 1. The van der Waals surface area contributed by atoms with Gasteiger partial charge in [-0.15, -0.1) is 0 Å². The Kier molecular flexibility index (Phi) is 2.90. The highest BCUT2D eigenvalue weighted by atomic mass is 16.1. The van der Waals surface area contributed by atoms with Crippen LogP contribution in [0.4, 0.5) is 0 Å². The van der Waals surface area contributed by atoms with Crippen molar-refractivity contribution >= 4 is 12.0 Å². The van der Waals surface area contributed by atoms with Gasteiger partial charge in [0.15, 0.2) is 0 Å². The molecule has 3 nitrogen and oxygen atoms in total. The number of rotatable bonds is 3. The van der Waals surface area contributed by atoms with Crippen molar-refractivity contribution in [3.8, 4) is 0 Å². The molecule has 0 heterocycles. The van der Waals surface area contributed by atoms with Gasteiger partial charge in [-0.2, -0.15) is 4.79 Å². The van der Waals surface area contributed by atoms with E-state index in [0.29, 0.717) is 11.5 Å². The van der Waals surface area contributed by atoms with Gasteiger partial charge in [0, 0.05) is 11.5 Å². The van der Waals surface area contributed by atoms with Crippen LogP contribution in [0.1, 0.15) is 21.8 Å². The SMILES string of the molecule is [N-]=[N+]=CC(=O)c1ccc(C2C=CC=C2)cc1. The van der Waals surface area contributed by atoms with Gasteiger partial charge in [-0.25, -0.2) is 0 Å². The van der Waals surface area contributed by atoms with Crippen LogP contribution in [0.25, 0.3) is 5.53 Å². The van der Waals surface area contributed by atoms with Gasteiger partial charge >= 0.3 is 6.21 Å². The van der Waals surface area contributed by atoms with Crippen molar-refractivity contribution in [3.63, 3.8) is 0 Å². The van der Waals surface area contributed by atoms with Crippen molar-refractivity contribution in [1.29, 1.82) is 0 Å². The van der Waals surface area contributed by atoms with Crippen LogP contribution in [-0.2, 0) is 0 Å². The molecule has 1 aliphatic carbocycles. The third-order valence-corrected chi connectivity index (χ3v) is 2.50. The van der Waals surface area contributed by atoms with E-state index in [9.17, 15) is 4.79 Å². The molecule has 0 aromatic heterocycles. The molecule has 0 saturated carbocycles. The van der Waals surface area contributed by atoms with Gasteiger partial charge in [-0.1, -0.05) is 48.6 Å². The Morgan fingerprint density at radius 1 is 1.19 bits per heavy atom. The zero-order chi connectivity index (χ0) is 11.4. The van der Waals surface area contributed by atoms with Crippen molar-refractivity contribution in [2.75, 3.05) is 0 Å². The Morgan fingerprint density at radius 3 is 2.38 bits per heavy atom. The highest BCUT2D eigenvalue weighted by molar-refractivity contribution is 6.33. The lowest BCUT2D eigenvalue weighted by molar-refractivity contribution is 0.00235. The Labute approximate surface area is 93.3 Å². The quantitative estimate of drug-likeness (QED) is 0.327. The predicted octanol–water partition coefficient (Wildman–Crippen LogP) is 2.38. The van der Waals surface area contributed by atoms with Crippen molar-refractivity contribution < 1.29 is 9.58 Å². The molecule has 0 N–H and O–H groups in total. The van der Waals surface area contributed by atoms with E-state index in [2.05, 4.69) is 16.9 Å². The molecule has 0 spiro atoms. The fraction of sp³-hybridized carbons (Fsp3) is 0.0769. The maximum absolute atomic E-state index is 11.3. The van der Waals surface area contributed by atoms with Gasteiger partial charge in [0.1, 0.15) is 0 Å². The third kappa shape index (κ3) is 2.05. The van der Waals surface area contributed by atoms with E-state index in [1.807, 2.05) is 24.3 Å². The molecular weight excluding hydrogens is 200 g/mol. The molecule has 2 rings (SSSR count). The van der Waals surface area contributed by atoms with Gasteiger partial charge < -0.3 is 5.53 Å². The molecule has 0 aliphatic heterocycles. The van der Waals surface area contributed by atoms with E-state index in [1.54, 1.807) is 12.1 Å². The predicted molar refractivity (Wildman–Crippen MR) is 61.5 cm³/mol. The van der Waals surface area contributed by atoms with Crippen LogP contribution in [0.3, 0.4) is 0 Å². The summed E-state index contributed by atoms with van der Waals surface area (Å²) in [5, 5.41) is 0. The minimum atomic E-state index is -0.299. The number of benzene rings is 1. The lowest BCUT2D eigenvalue weighted by Crippen LogP contribution is -2.01. The maximum Gasteiger partial charge on any atom is 0.328 e. The molecule has 0 bridgehead atoms. The fourth-order valence-corrected chi connectivity index (χ4v) is 1.65. The molecule has 3 heteroatoms. The maximum atomic E-state index is 11.3. The number of carbonyl (C=O) groups excluding carboxylic acids is 1. The Hall–Kier alpha value is -2.25. The first kappa shape index (κ1) is 10.3. The molecule has 1 aromatic carbocycles. The van der Waals surface area contributed by atoms with Crippen molar-refractivity contribution in [3.05, 3.63) is 65.2 Å². The van der Waals surface area contributed by atoms with E-state index in [1.165, 1.54) is 0 Å². The minimum absolute atomic E-state index is 0.299. The second kappa shape index (κ2) is 4.51. The summed E-state index contributed by atoms with van der Waals surface area (Å²) in [5.41, 5.74) is 9.92. The van der Waals surface area contributed by atoms with Crippen molar-refractivity contribution in [2.24, 2.45) is 0 Å². The van der Waals surface area contributed by atoms with Crippen molar-refractivity contribution in [2.45, 2.75) is 5.92 Å². The molecule has 1 aromatic rings. The summed E-state index contributed by atoms with van der Waals surface area (Å²) >= 11 is 0. The van der Waals surface area contributed by atoms with E-state index in [4.69, 9.17) is 5.53 Å². The average Bonchev–Trinajstić information content (AvgIpc) is 2.83. The smallest absolute Gasteiger partial charge is 0.328 e. The van der Waals surface area contributed by atoms with Gasteiger partial charge in [0.25, 0.3) is 5.78 Å². The molecule has 16 heavy (non-hydrogen) atoms. The topological polar surface area (TPSA) is 53.5 Å². The van der Waals surface area contributed by atoms with Crippen LogP contribution >= 0.6 is 0 Å². The molecule has 0 radical (unpaired) electrons. The first-order valence-electron chi connectivity index (χ1n) is 4.98. The van der Waals surface area contributed by atoms with Gasteiger partial charge in [-0.3, -0.25) is 4.79 Å². The van der Waals surface area contributed by atoms with Crippen LogP contribution < -0.4 is 0 Å². The van der Waals surface area contributed by atoms with Gasteiger partial charge in [0.2, 0.25) is 0 Å². The van der Waals surface area contributed by atoms with E-state index in [0.717, 1.165) is 11.8 Å². The lowest BCUT2D eigenvalue weighted by Gasteiger charge is -2.05. The summed E-state index contributed by atoms with van der Waals surface area (Å²) in [6.07, 6.45) is 9.08. The highest BCUT2D eigenvalue weighted by Gasteiger charge is 2.09. The Morgan fingerprint density at radius 2 is 1.81 bits per heavy atom. The summed E-state index contributed by atoms with van der Waals surface area (Å²) in [6.45, 7) is 0. The summed E-state index contributed by atoms with van der Waals surface area (Å²) in [4.78, 5) is 14.1. The molecular formula is C13H10N2O. The molecule has 0 amide bonds. The standard InChI is InChI=1S/C13H10N2O/c14-15-9-13(16)12-7-5-11(6-8-12)10-3-1-2-4-10/h1-10H.